The highest BCUT2D eigenvalue weighted by Gasteiger charge is 2.36. The number of carbonyl (C=O) groups excluding carboxylic acids is 1. The Morgan fingerprint density at radius 3 is 2.71 bits per heavy atom. The minimum Gasteiger partial charge on any atom is -0.334 e. The molecule has 0 aliphatic heterocycles. The van der Waals surface area contributed by atoms with Crippen molar-refractivity contribution in [3.8, 4) is 6.07 Å². The smallest absolute Gasteiger partial charge is 0.252 e. The molecule has 0 bridgehead atoms. The molecule has 21 heavy (non-hydrogen) atoms. The Bertz CT molecular complexity index is 574. The van der Waals surface area contributed by atoms with Crippen molar-refractivity contribution < 1.29 is 4.79 Å². The average Bonchev–Trinajstić information content (AvgIpc) is 2.50. The van der Waals surface area contributed by atoms with Crippen LogP contribution >= 0.6 is 27.5 Å². The van der Waals surface area contributed by atoms with Gasteiger partial charge in [-0.05, 0) is 65.7 Å². The molecule has 1 saturated carbocycles. The number of benzene rings is 1. The van der Waals surface area contributed by atoms with E-state index in [1.807, 2.05) is 0 Å². The van der Waals surface area contributed by atoms with Crippen molar-refractivity contribution in [3.05, 3.63) is 33.3 Å². The molecule has 1 N–H and O–H groups in total. The van der Waals surface area contributed by atoms with Crippen molar-refractivity contribution >= 4 is 33.4 Å². The topological polar surface area (TPSA) is 52.9 Å². The molecule has 0 saturated heterocycles. The molecular weight excluding hydrogens is 352 g/mol. The zero-order valence-electron chi connectivity index (χ0n) is 12.0. The van der Waals surface area contributed by atoms with Crippen LogP contribution in [0.1, 0.15) is 49.4 Å². The van der Waals surface area contributed by atoms with Crippen LogP contribution in [-0.4, -0.2) is 11.4 Å². The van der Waals surface area contributed by atoms with Gasteiger partial charge < -0.3 is 5.32 Å². The Labute approximate surface area is 138 Å². The fourth-order valence-electron chi connectivity index (χ4n) is 2.77. The maximum absolute atomic E-state index is 12.4. The van der Waals surface area contributed by atoms with E-state index < -0.39 is 5.54 Å². The second-order valence-electron chi connectivity index (χ2n) is 5.63. The zero-order chi connectivity index (χ0) is 15.5. The van der Waals surface area contributed by atoms with Gasteiger partial charge in [0.05, 0.1) is 11.1 Å². The van der Waals surface area contributed by atoms with Gasteiger partial charge in [-0.25, -0.2) is 0 Å². The normalized spacial score (nSPS) is 25.1. The number of hydrogen-bond donors (Lipinski definition) is 1. The van der Waals surface area contributed by atoms with Crippen LogP contribution in [0.5, 0.6) is 0 Å². The van der Waals surface area contributed by atoms with Crippen LogP contribution in [0.4, 0.5) is 0 Å². The number of hydrogen-bond acceptors (Lipinski definition) is 2. The van der Waals surface area contributed by atoms with Gasteiger partial charge in [0.15, 0.2) is 0 Å². The molecule has 1 aromatic rings. The Balaban J connectivity index is 2.10. The Hall–Kier alpha value is -1.05. The van der Waals surface area contributed by atoms with Crippen molar-refractivity contribution in [3.63, 3.8) is 0 Å². The van der Waals surface area contributed by atoms with E-state index in [1.165, 1.54) is 0 Å². The summed E-state index contributed by atoms with van der Waals surface area (Å²) in [5.41, 5.74) is -0.215. The Morgan fingerprint density at radius 1 is 1.52 bits per heavy atom. The molecule has 1 aliphatic carbocycles. The second kappa shape index (κ2) is 6.81. The predicted molar refractivity (Wildman–Crippen MR) is 87.2 cm³/mol. The first-order valence-corrected chi connectivity index (χ1v) is 8.35. The first-order chi connectivity index (χ1) is 9.99. The largest absolute Gasteiger partial charge is 0.334 e. The summed E-state index contributed by atoms with van der Waals surface area (Å²) in [4.78, 5) is 12.4. The molecule has 5 heteroatoms. The summed E-state index contributed by atoms with van der Waals surface area (Å²) in [6.07, 6.45) is 4.58. The lowest BCUT2D eigenvalue weighted by Gasteiger charge is -2.35. The summed E-state index contributed by atoms with van der Waals surface area (Å²) < 4.78 is 0.678. The van der Waals surface area contributed by atoms with Crippen LogP contribution in [0.3, 0.4) is 0 Å². The standard InChI is InChI=1S/C16H18BrClN2O/c1-2-11-5-7-16(10-19,8-6-11)20-15(21)12-3-4-14(18)13(17)9-12/h3-4,9,11H,2,5-8H2,1H3,(H,20,21). The van der Waals surface area contributed by atoms with Crippen LogP contribution in [0.2, 0.25) is 5.02 Å². The number of amides is 1. The van der Waals surface area contributed by atoms with Crippen LogP contribution in [-0.2, 0) is 0 Å². The quantitative estimate of drug-likeness (QED) is 0.840. The molecule has 0 heterocycles. The summed E-state index contributed by atoms with van der Waals surface area (Å²) >= 11 is 9.24. The van der Waals surface area contributed by atoms with Gasteiger partial charge in [-0.3, -0.25) is 4.79 Å². The van der Waals surface area contributed by atoms with E-state index in [4.69, 9.17) is 11.6 Å². The summed E-state index contributed by atoms with van der Waals surface area (Å²) in [5, 5.41) is 13.0. The minimum absolute atomic E-state index is 0.219. The number of carbonyl (C=O) groups is 1. The van der Waals surface area contributed by atoms with Gasteiger partial charge in [0, 0.05) is 10.0 Å². The Morgan fingerprint density at radius 2 is 2.19 bits per heavy atom. The van der Waals surface area contributed by atoms with Gasteiger partial charge >= 0.3 is 0 Å². The van der Waals surface area contributed by atoms with Crippen molar-refractivity contribution in [2.45, 2.75) is 44.6 Å². The SMILES string of the molecule is CCC1CCC(C#N)(NC(=O)c2ccc(Cl)c(Br)c2)CC1. The third-order valence-electron chi connectivity index (χ3n) is 4.28. The summed E-state index contributed by atoms with van der Waals surface area (Å²) in [6.45, 7) is 2.17. The van der Waals surface area contributed by atoms with E-state index in [2.05, 4.69) is 34.2 Å². The molecule has 1 aromatic carbocycles. The summed E-state index contributed by atoms with van der Waals surface area (Å²) in [5.74, 6) is 0.455. The lowest BCUT2D eigenvalue weighted by atomic mass is 9.76. The fraction of sp³-hybridized carbons (Fsp3) is 0.500. The average molecular weight is 370 g/mol. The minimum atomic E-state index is -0.727. The molecule has 1 aliphatic rings. The molecule has 3 nitrogen and oxygen atoms in total. The van der Waals surface area contributed by atoms with Gasteiger partial charge in [0.2, 0.25) is 0 Å². The molecule has 0 aromatic heterocycles. The van der Waals surface area contributed by atoms with Crippen molar-refractivity contribution in [1.82, 2.24) is 5.32 Å². The molecule has 112 valence electrons. The van der Waals surface area contributed by atoms with E-state index in [0.717, 1.165) is 32.1 Å². The molecule has 0 spiro atoms. The zero-order valence-corrected chi connectivity index (χ0v) is 14.3. The van der Waals surface area contributed by atoms with Crippen LogP contribution < -0.4 is 5.32 Å². The highest BCUT2D eigenvalue weighted by molar-refractivity contribution is 9.10. The number of nitrogens with one attached hydrogen (secondary N) is 1. The van der Waals surface area contributed by atoms with Crippen LogP contribution in [0, 0.1) is 17.2 Å². The van der Waals surface area contributed by atoms with Gasteiger partial charge in [-0.2, -0.15) is 5.26 Å². The van der Waals surface area contributed by atoms with Crippen LogP contribution in [0.25, 0.3) is 0 Å². The summed E-state index contributed by atoms with van der Waals surface area (Å²) in [6, 6.07) is 7.35. The second-order valence-corrected chi connectivity index (χ2v) is 6.89. The van der Waals surface area contributed by atoms with Crippen LogP contribution in [0.15, 0.2) is 22.7 Å². The van der Waals surface area contributed by atoms with Gasteiger partial charge in [-0.15, -0.1) is 0 Å². The molecular formula is C16H18BrClN2O. The number of halogens is 2. The third-order valence-corrected chi connectivity index (χ3v) is 5.50. The van der Waals surface area contributed by atoms with E-state index in [0.29, 0.717) is 21.0 Å². The fourth-order valence-corrected chi connectivity index (χ4v) is 3.27. The monoisotopic (exact) mass is 368 g/mol. The Kier molecular flexibility index (Phi) is 5.29. The van der Waals surface area contributed by atoms with E-state index in [-0.39, 0.29) is 5.91 Å². The van der Waals surface area contributed by atoms with Crippen molar-refractivity contribution in [2.75, 3.05) is 0 Å². The van der Waals surface area contributed by atoms with Crippen molar-refractivity contribution in [2.24, 2.45) is 5.92 Å². The van der Waals surface area contributed by atoms with Gasteiger partial charge in [0.25, 0.3) is 5.91 Å². The molecule has 1 amide bonds. The molecule has 2 rings (SSSR count). The number of nitrogens with zero attached hydrogens (tertiary/aromatic N) is 1. The maximum atomic E-state index is 12.4. The van der Waals surface area contributed by atoms with Gasteiger partial charge in [0.1, 0.15) is 5.54 Å². The number of nitriles is 1. The first-order valence-electron chi connectivity index (χ1n) is 7.18. The lowest BCUT2D eigenvalue weighted by Crippen LogP contribution is -2.49. The van der Waals surface area contributed by atoms with E-state index in [1.54, 1.807) is 18.2 Å². The highest BCUT2D eigenvalue weighted by atomic mass is 79.9. The highest BCUT2D eigenvalue weighted by Crippen LogP contribution is 2.33. The predicted octanol–water partition coefficient (Wildman–Crippen LogP) is 4.69. The molecule has 0 unspecified atom stereocenters. The van der Waals surface area contributed by atoms with E-state index in [9.17, 15) is 10.1 Å². The van der Waals surface area contributed by atoms with E-state index >= 15 is 0 Å². The van der Waals surface area contributed by atoms with Crippen molar-refractivity contribution in [1.29, 1.82) is 5.26 Å². The summed E-state index contributed by atoms with van der Waals surface area (Å²) in [7, 11) is 0. The molecule has 0 radical (unpaired) electrons. The molecule has 1 fully saturated rings. The van der Waals surface area contributed by atoms with Gasteiger partial charge in [-0.1, -0.05) is 24.9 Å². The third kappa shape index (κ3) is 3.78. The number of rotatable bonds is 3. The maximum Gasteiger partial charge on any atom is 0.252 e. The lowest BCUT2D eigenvalue weighted by molar-refractivity contribution is 0.0891. The molecule has 0 atom stereocenters. The first kappa shape index (κ1) is 16.3.